The zero-order chi connectivity index (χ0) is 17.6. The van der Waals surface area contributed by atoms with Crippen LogP contribution in [0, 0.1) is 0 Å². The number of carbonyl (C=O) groups is 1. The largest absolute Gasteiger partial charge is 0.443 e. The number of nitrogens with zero attached hydrogens (tertiary/aromatic N) is 3. The Morgan fingerprint density at radius 1 is 1.36 bits per heavy atom. The SMILES string of the molecule is CCCCn1nc(C(=O)NCc2coc(-c3cccs3)n2)ccc1=O. The molecule has 0 aliphatic carbocycles. The van der Waals surface area contributed by atoms with Crippen molar-refractivity contribution in [3.8, 4) is 10.8 Å². The lowest BCUT2D eigenvalue weighted by atomic mass is 10.3. The van der Waals surface area contributed by atoms with Crippen LogP contribution in [0.3, 0.4) is 0 Å². The van der Waals surface area contributed by atoms with Crippen LogP contribution in [0.4, 0.5) is 0 Å². The highest BCUT2D eigenvalue weighted by atomic mass is 32.1. The molecule has 7 nitrogen and oxygen atoms in total. The monoisotopic (exact) mass is 358 g/mol. The van der Waals surface area contributed by atoms with Crippen LogP contribution in [0.5, 0.6) is 0 Å². The van der Waals surface area contributed by atoms with E-state index in [1.807, 2.05) is 24.4 Å². The Balaban J connectivity index is 1.64. The number of hydrogen-bond donors (Lipinski definition) is 1. The Hall–Kier alpha value is -2.74. The number of nitrogens with one attached hydrogen (secondary N) is 1. The normalized spacial score (nSPS) is 10.8. The van der Waals surface area contributed by atoms with E-state index < -0.39 is 0 Å². The maximum atomic E-state index is 12.2. The van der Waals surface area contributed by atoms with Crippen LogP contribution < -0.4 is 10.9 Å². The number of hydrogen-bond acceptors (Lipinski definition) is 6. The van der Waals surface area contributed by atoms with Gasteiger partial charge < -0.3 is 9.73 Å². The van der Waals surface area contributed by atoms with Crippen LogP contribution in [0.25, 0.3) is 10.8 Å². The minimum Gasteiger partial charge on any atom is -0.443 e. The van der Waals surface area contributed by atoms with Crippen LogP contribution >= 0.6 is 11.3 Å². The van der Waals surface area contributed by atoms with Gasteiger partial charge in [0.05, 0.1) is 17.1 Å². The summed E-state index contributed by atoms with van der Waals surface area (Å²) in [4.78, 5) is 29.3. The minimum atomic E-state index is -0.356. The Morgan fingerprint density at radius 2 is 2.24 bits per heavy atom. The number of oxazole rings is 1. The fourth-order valence-electron chi connectivity index (χ4n) is 2.20. The molecule has 0 aliphatic heterocycles. The van der Waals surface area contributed by atoms with Gasteiger partial charge in [-0.3, -0.25) is 9.59 Å². The summed E-state index contributed by atoms with van der Waals surface area (Å²) in [6.45, 7) is 2.76. The van der Waals surface area contributed by atoms with Crippen molar-refractivity contribution in [2.24, 2.45) is 0 Å². The summed E-state index contributed by atoms with van der Waals surface area (Å²) in [5, 5.41) is 8.80. The molecule has 3 heterocycles. The van der Waals surface area contributed by atoms with Crippen LogP contribution in [-0.2, 0) is 13.1 Å². The molecular formula is C17H18N4O3S. The molecule has 3 rings (SSSR count). The number of amides is 1. The molecule has 25 heavy (non-hydrogen) atoms. The average Bonchev–Trinajstić information content (AvgIpc) is 3.30. The summed E-state index contributed by atoms with van der Waals surface area (Å²) >= 11 is 1.53. The molecule has 3 aromatic heterocycles. The Kier molecular flexibility index (Phi) is 5.39. The van der Waals surface area contributed by atoms with Crippen molar-refractivity contribution >= 4 is 17.2 Å². The highest BCUT2D eigenvalue weighted by Crippen LogP contribution is 2.23. The molecule has 0 unspecified atom stereocenters. The zero-order valence-corrected chi connectivity index (χ0v) is 14.6. The first-order valence-electron chi connectivity index (χ1n) is 8.02. The van der Waals surface area contributed by atoms with Gasteiger partial charge in [-0.25, -0.2) is 9.67 Å². The van der Waals surface area contributed by atoms with Gasteiger partial charge in [-0.05, 0) is 23.9 Å². The lowest BCUT2D eigenvalue weighted by molar-refractivity contribution is 0.0942. The Morgan fingerprint density at radius 3 is 3.00 bits per heavy atom. The second-order valence-corrected chi connectivity index (χ2v) is 6.39. The highest BCUT2D eigenvalue weighted by molar-refractivity contribution is 7.13. The van der Waals surface area contributed by atoms with E-state index in [0.29, 0.717) is 18.1 Å². The quantitative estimate of drug-likeness (QED) is 0.701. The van der Waals surface area contributed by atoms with Gasteiger partial charge in [-0.15, -0.1) is 11.3 Å². The van der Waals surface area contributed by atoms with Crippen molar-refractivity contribution < 1.29 is 9.21 Å². The number of aromatic nitrogens is 3. The van der Waals surface area contributed by atoms with Crippen molar-refractivity contribution in [2.75, 3.05) is 0 Å². The lowest BCUT2D eigenvalue weighted by Gasteiger charge is -2.06. The van der Waals surface area contributed by atoms with E-state index in [1.54, 1.807) is 0 Å². The predicted octanol–water partition coefficient (Wildman–Crippen LogP) is 2.69. The van der Waals surface area contributed by atoms with Gasteiger partial charge >= 0.3 is 0 Å². The second-order valence-electron chi connectivity index (χ2n) is 5.44. The number of rotatable bonds is 7. The van der Waals surface area contributed by atoms with Crippen molar-refractivity contribution in [1.82, 2.24) is 20.1 Å². The first kappa shape index (κ1) is 17.1. The summed E-state index contributed by atoms with van der Waals surface area (Å²) in [5.74, 6) is 0.177. The molecule has 3 aromatic rings. The lowest BCUT2D eigenvalue weighted by Crippen LogP contribution is -2.29. The third-order valence-electron chi connectivity index (χ3n) is 3.54. The molecule has 1 N–H and O–H groups in total. The third-order valence-corrected chi connectivity index (χ3v) is 4.39. The van der Waals surface area contributed by atoms with Crippen molar-refractivity contribution in [3.05, 3.63) is 57.7 Å². The molecule has 0 aromatic carbocycles. The molecule has 8 heteroatoms. The Labute approximate surface area is 148 Å². The minimum absolute atomic E-state index is 0.206. The first-order chi connectivity index (χ1) is 12.2. The molecule has 0 fully saturated rings. The first-order valence-corrected chi connectivity index (χ1v) is 8.90. The molecule has 0 radical (unpaired) electrons. The fourth-order valence-corrected chi connectivity index (χ4v) is 2.86. The fraction of sp³-hybridized carbons (Fsp3) is 0.294. The molecular weight excluding hydrogens is 340 g/mol. The number of aryl methyl sites for hydroxylation is 1. The predicted molar refractivity (Wildman–Crippen MR) is 94.4 cm³/mol. The molecule has 0 saturated carbocycles. The van der Waals surface area contributed by atoms with Crippen molar-refractivity contribution in [1.29, 1.82) is 0 Å². The van der Waals surface area contributed by atoms with Gasteiger partial charge in [0.2, 0.25) is 5.89 Å². The molecule has 130 valence electrons. The van der Waals surface area contributed by atoms with Crippen molar-refractivity contribution in [3.63, 3.8) is 0 Å². The average molecular weight is 358 g/mol. The molecule has 0 saturated heterocycles. The van der Waals surface area contributed by atoms with E-state index in [0.717, 1.165) is 17.7 Å². The number of unbranched alkanes of at least 4 members (excludes halogenated alkanes) is 1. The molecule has 0 bridgehead atoms. The van der Waals surface area contributed by atoms with Gasteiger partial charge in [0.15, 0.2) is 0 Å². The van der Waals surface area contributed by atoms with Crippen LogP contribution in [0.2, 0.25) is 0 Å². The summed E-state index contributed by atoms with van der Waals surface area (Å²) in [6.07, 6.45) is 3.30. The summed E-state index contributed by atoms with van der Waals surface area (Å²) in [5.41, 5.74) is 0.621. The van der Waals surface area contributed by atoms with E-state index in [-0.39, 0.29) is 23.7 Å². The number of carbonyl (C=O) groups excluding carboxylic acids is 1. The van der Waals surface area contributed by atoms with E-state index in [1.165, 1.54) is 34.4 Å². The second kappa shape index (κ2) is 7.89. The highest BCUT2D eigenvalue weighted by Gasteiger charge is 2.12. The standard InChI is InChI=1S/C17H18N4O3S/c1-2-3-8-21-15(22)7-6-13(20-21)16(23)18-10-12-11-24-17(19-12)14-5-4-9-25-14/h4-7,9,11H,2-3,8,10H2,1H3,(H,18,23). The third kappa shape index (κ3) is 4.21. The van der Waals surface area contributed by atoms with E-state index in [9.17, 15) is 9.59 Å². The maximum absolute atomic E-state index is 12.2. The van der Waals surface area contributed by atoms with Gasteiger partial charge in [-0.1, -0.05) is 19.4 Å². The molecule has 0 atom stereocenters. The smallest absolute Gasteiger partial charge is 0.272 e. The maximum Gasteiger partial charge on any atom is 0.272 e. The van der Waals surface area contributed by atoms with Gasteiger partial charge in [0.25, 0.3) is 11.5 Å². The van der Waals surface area contributed by atoms with Gasteiger partial charge in [0.1, 0.15) is 12.0 Å². The number of thiophene rings is 1. The van der Waals surface area contributed by atoms with Gasteiger partial charge in [-0.2, -0.15) is 5.10 Å². The van der Waals surface area contributed by atoms with Gasteiger partial charge in [0, 0.05) is 12.6 Å². The molecule has 0 spiro atoms. The summed E-state index contributed by atoms with van der Waals surface area (Å²) in [7, 11) is 0. The van der Waals surface area contributed by atoms with E-state index in [2.05, 4.69) is 15.4 Å². The van der Waals surface area contributed by atoms with E-state index >= 15 is 0 Å². The van der Waals surface area contributed by atoms with Crippen LogP contribution in [0.1, 0.15) is 35.9 Å². The van der Waals surface area contributed by atoms with Crippen LogP contribution in [0.15, 0.2) is 45.1 Å². The molecule has 0 aliphatic rings. The Bertz CT molecular complexity index is 899. The summed E-state index contributed by atoms with van der Waals surface area (Å²) in [6, 6.07) is 6.63. The van der Waals surface area contributed by atoms with E-state index in [4.69, 9.17) is 4.42 Å². The van der Waals surface area contributed by atoms with Crippen LogP contribution in [-0.4, -0.2) is 20.7 Å². The topological polar surface area (TPSA) is 90.0 Å². The summed E-state index contributed by atoms with van der Waals surface area (Å²) < 4.78 is 6.74. The molecule has 1 amide bonds. The zero-order valence-electron chi connectivity index (χ0n) is 13.8. The van der Waals surface area contributed by atoms with Crippen molar-refractivity contribution in [2.45, 2.75) is 32.9 Å².